The second-order valence-electron chi connectivity index (χ2n) is 4.29. The van der Waals surface area contributed by atoms with Gasteiger partial charge in [-0.3, -0.25) is 4.79 Å². The summed E-state index contributed by atoms with van der Waals surface area (Å²) in [6, 6.07) is 5.89. The normalized spacial score (nSPS) is 11.0. The number of rotatable bonds is 2. The van der Waals surface area contributed by atoms with Crippen LogP contribution in [0.5, 0.6) is 0 Å². The maximum atomic E-state index is 13.3. The number of hydrogen-bond donors (Lipinski definition) is 1. The highest BCUT2D eigenvalue weighted by atomic mass is 19.1. The Morgan fingerprint density at radius 1 is 1.26 bits per heavy atom. The molecule has 5 nitrogen and oxygen atoms in total. The molecule has 6 heteroatoms. The van der Waals surface area contributed by atoms with Gasteiger partial charge in [0.1, 0.15) is 11.3 Å². The van der Waals surface area contributed by atoms with Crippen LogP contribution in [0.15, 0.2) is 47.7 Å². The summed E-state index contributed by atoms with van der Waals surface area (Å²) in [7, 11) is 0. The third-order valence-corrected chi connectivity index (χ3v) is 2.87. The van der Waals surface area contributed by atoms with E-state index in [4.69, 9.17) is 5.73 Å². The first kappa shape index (κ1) is 11.5. The smallest absolute Gasteiger partial charge is 0.276 e. The van der Waals surface area contributed by atoms with Gasteiger partial charge in [-0.05, 0) is 29.8 Å². The summed E-state index contributed by atoms with van der Waals surface area (Å²) in [6.07, 6.45) is 4.85. The zero-order valence-corrected chi connectivity index (χ0v) is 9.95. The van der Waals surface area contributed by atoms with Gasteiger partial charge in [0.05, 0.1) is 12.7 Å². The Labute approximate surface area is 107 Å². The molecule has 0 bridgehead atoms. The first-order valence-corrected chi connectivity index (χ1v) is 5.71. The van der Waals surface area contributed by atoms with E-state index in [-0.39, 0.29) is 12.1 Å². The molecule has 2 N–H and O–H groups in total. The summed E-state index contributed by atoms with van der Waals surface area (Å²) in [5.41, 5.74) is 6.87. The molecule has 19 heavy (non-hydrogen) atoms. The van der Waals surface area contributed by atoms with Crippen molar-refractivity contribution in [1.29, 1.82) is 0 Å². The van der Waals surface area contributed by atoms with Crippen molar-refractivity contribution in [3.63, 3.8) is 0 Å². The maximum Gasteiger partial charge on any atom is 0.276 e. The van der Waals surface area contributed by atoms with Crippen molar-refractivity contribution in [2.75, 3.05) is 5.73 Å². The number of nitrogen functional groups attached to an aromatic ring is 1. The Kier molecular flexibility index (Phi) is 2.56. The van der Waals surface area contributed by atoms with Crippen molar-refractivity contribution in [3.05, 3.63) is 64.6 Å². The lowest BCUT2D eigenvalue weighted by Gasteiger charge is -2.07. The highest BCUT2D eigenvalue weighted by Gasteiger charge is 2.05. The lowest BCUT2D eigenvalue weighted by molar-refractivity contribution is 0.623. The minimum absolute atomic E-state index is 0.178. The summed E-state index contributed by atoms with van der Waals surface area (Å²) >= 11 is 0. The van der Waals surface area contributed by atoms with Gasteiger partial charge < -0.3 is 10.3 Å². The molecular weight excluding hydrogens is 247 g/mol. The van der Waals surface area contributed by atoms with Crippen LogP contribution < -0.4 is 11.3 Å². The average molecular weight is 258 g/mol. The van der Waals surface area contributed by atoms with Gasteiger partial charge in [0.15, 0.2) is 0 Å². The Morgan fingerprint density at radius 2 is 2.11 bits per heavy atom. The Hall–Kier alpha value is -2.63. The predicted octanol–water partition coefficient (Wildman–Crippen LogP) is 1.27. The second kappa shape index (κ2) is 4.24. The zero-order valence-electron chi connectivity index (χ0n) is 9.95. The van der Waals surface area contributed by atoms with Gasteiger partial charge in [-0.2, -0.15) is 5.10 Å². The summed E-state index contributed by atoms with van der Waals surface area (Å²) < 4.78 is 16.2. The van der Waals surface area contributed by atoms with E-state index in [1.807, 2.05) is 0 Å². The van der Waals surface area contributed by atoms with E-state index < -0.39 is 5.82 Å². The first-order chi connectivity index (χ1) is 9.13. The van der Waals surface area contributed by atoms with Crippen LogP contribution in [0, 0.1) is 5.82 Å². The molecule has 0 unspecified atom stereocenters. The van der Waals surface area contributed by atoms with Crippen molar-refractivity contribution in [2.24, 2.45) is 0 Å². The molecule has 96 valence electrons. The third kappa shape index (κ3) is 2.08. The largest absolute Gasteiger partial charge is 0.399 e. The molecule has 3 rings (SSSR count). The molecule has 2 aromatic heterocycles. The van der Waals surface area contributed by atoms with Crippen molar-refractivity contribution >= 4 is 11.2 Å². The van der Waals surface area contributed by atoms with Gasteiger partial charge in [-0.25, -0.2) is 8.91 Å². The van der Waals surface area contributed by atoms with E-state index in [1.54, 1.807) is 30.7 Å². The molecule has 0 saturated heterocycles. The van der Waals surface area contributed by atoms with Crippen LogP contribution in [-0.2, 0) is 6.54 Å². The fourth-order valence-electron chi connectivity index (χ4n) is 2.05. The molecule has 0 aliphatic carbocycles. The quantitative estimate of drug-likeness (QED) is 0.704. The highest BCUT2D eigenvalue weighted by molar-refractivity contribution is 5.44. The fourth-order valence-corrected chi connectivity index (χ4v) is 2.05. The minimum atomic E-state index is -0.409. The molecule has 1 aromatic carbocycles. The number of anilines is 1. The monoisotopic (exact) mass is 258 g/mol. The van der Waals surface area contributed by atoms with E-state index in [0.717, 1.165) is 0 Å². The molecular formula is C13H11FN4O. The molecule has 0 spiro atoms. The number of benzene rings is 1. The van der Waals surface area contributed by atoms with Crippen LogP contribution in [0.2, 0.25) is 0 Å². The van der Waals surface area contributed by atoms with Crippen LogP contribution in [0.3, 0.4) is 0 Å². The molecule has 0 aliphatic heterocycles. The van der Waals surface area contributed by atoms with Crippen LogP contribution in [0.4, 0.5) is 10.1 Å². The van der Waals surface area contributed by atoms with Gasteiger partial charge in [0.2, 0.25) is 0 Å². The molecule has 0 fully saturated rings. The SMILES string of the molecule is Nc1cc(F)cc(Cn2ccn3nccc3c2=O)c1. The molecule has 0 aliphatic rings. The highest BCUT2D eigenvalue weighted by Crippen LogP contribution is 2.11. The number of hydrogen-bond acceptors (Lipinski definition) is 3. The minimum Gasteiger partial charge on any atom is -0.399 e. The lowest BCUT2D eigenvalue weighted by atomic mass is 10.2. The van der Waals surface area contributed by atoms with Gasteiger partial charge >= 0.3 is 0 Å². The molecule has 0 amide bonds. The van der Waals surface area contributed by atoms with Crippen molar-refractivity contribution < 1.29 is 4.39 Å². The van der Waals surface area contributed by atoms with E-state index in [1.165, 1.54) is 21.2 Å². The number of aromatic nitrogens is 3. The Bertz CT molecular complexity index is 786. The van der Waals surface area contributed by atoms with Crippen LogP contribution in [-0.4, -0.2) is 14.2 Å². The summed E-state index contributed by atoms with van der Waals surface area (Å²) in [5, 5.41) is 3.98. The van der Waals surface area contributed by atoms with E-state index in [9.17, 15) is 9.18 Å². The topological polar surface area (TPSA) is 65.3 Å². The molecule has 2 heterocycles. The molecule has 0 saturated carbocycles. The van der Waals surface area contributed by atoms with Gasteiger partial charge in [0, 0.05) is 18.1 Å². The van der Waals surface area contributed by atoms with Gasteiger partial charge in [-0.15, -0.1) is 0 Å². The van der Waals surface area contributed by atoms with Crippen molar-refractivity contribution in [3.8, 4) is 0 Å². The van der Waals surface area contributed by atoms with Crippen LogP contribution >= 0.6 is 0 Å². The summed E-state index contributed by atoms with van der Waals surface area (Å²) in [5.74, 6) is -0.409. The maximum absolute atomic E-state index is 13.3. The first-order valence-electron chi connectivity index (χ1n) is 5.71. The van der Waals surface area contributed by atoms with Crippen LogP contribution in [0.25, 0.3) is 5.52 Å². The summed E-state index contributed by atoms with van der Waals surface area (Å²) in [4.78, 5) is 12.1. The fraction of sp³-hybridized carbons (Fsp3) is 0.0769. The van der Waals surface area contributed by atoms with E-state index in [2.05, 4.69) is 5.10 Å². The second-order valence-corrected chi connectivity index (χ2v) is 4.29. The lowest BCUT2D eigenvalue weighted by Crippen LogP contribution is -2.21. The van der Waals surface area contributed by atoms with Gasteiger partial charge in [0.25, 0.3) is 5.56 Å². The number of nitrogens with zero attached hydrogens (tertiary/aromatic N) is 3. The predicted molar refractivity (Wildman–Crippen MR) is 69.4 cm³/mol. The van der Waals surface area contributed by atoms with Crippen molar-refractivity contribution in [1.82, 2.24) is 14.2 Å². The van der Waals surface area contributed by atoms with E-state index >= 15 is 0 Å². The van der Waals surface area contributed by atoms with Gasteiger partial charge in [-0.1, -0.05) is 0 Å². The zero-order chi connectivity index (χ0) is 13.4. The molecule has 3 aromatic rings. The molecule has 0 radical (unpaired) electrons. The third-order valence-electron chi connectivity index (χ3n) is 2.87. The Balaban J connectivity index is 2.05. The molecule has 0 atom stereocenters. The van der Waals surface area contributed by atoms with Crippen molar-refractivity contribution in [2.45, 2.75) is 6.54 Å². The van der Waals surface area contributed by atoms with E-state index in [0.29, 0.717) is 16.8 Å². The standard InChI is InChI=1S/C13H11FN4O/c14-10-5-9(6-11(15)7-10)8-17-3-4-18-12(13(17)19)1-2-16-18/h1-7H,8,15H2. The average Bonchev–Trinajstić information content (AvgIpc) is 2.80. The number of nitrogens with two attached hydrogens (primary N) is 1. The number of halogens is 1. The Morgan fingerprint density at radius 3 is 2.89 bits per heavy atom. The summed E-state index contributed by atoms with van der Waals surface area (Å²) in [6.45, 7) is 0.266. The number of fused-ring (bicyclic) bond motifs is 1. The van der Waals surface area contributed by atoms with Crippen LogP contribution in [0.1, 0.15) is 5.56 Å².